The molecule has 98 valence electrons. The molecule has 0 aliphatic carbocycles. The molecule has 1 amide bonds. The molecule has 18 heavy (non-hydrogen) atoms. The van der Waals surface area contributed by atoms with Gasteiger partial charge in [0, 0.05) is 21.1 Å². The Morgan fingerprint density at radius 3 is 2.11 bits per heavy atom. The lowest BCUT2D eigenvalue weighted by molar-refractivity contribution is -0.126. The first-order valence-corrected chi connectivity index (χ1v) is 6.43. The molecule has 3 nitrogen and oxygen atoms in total. The smallest absolute Gasteiger partial charge is 0.231 e. The Morgan fingerprint density at radius 1 is 1.17 bits per heavy atom. The molecule has 1 aromatic carbocycles. The van der Waals surface area contributed by atoms with Gasteiger partial charge in [0.25, 0.3) is 0 Å². The number of halogens is 2. The van der Waals surface area contributed by atoms with Gasteiger partial charge in [-0.1, -0.05) is 44.0 Å². The van der Waals surface area contributed by atoms with Crippen LogP contribution in [0, 0.1) is 5.41 Å². The summed E-state index contributed by atoms with van der Waals surface area (Å²) in [6.07, 6.45) is 0. The molecule has 0 aromatic heterocycles. The number of thiocarbonyl (C=S) groups is 1. The van der Waals surface area contributed by atoms with E-state index in [1.807, 2.05) is 0 Å². The fourth-order valence-electron chi connectivity index (χ4n) is 1.08. The molecule has 1 rings (SSSR count). The molecule has 0 unspecified atom stereocenters. The van der Waals surface area contributed by atoms with Crippen LogP contribution in [0.25, 0.3) is 0 Å². The van der Waals surface area contributed by atoms with Crippen molar-refractivity contribution in [1.82, 2.24) is 5.32 Å². The van der Waals surface area contributed by atoms with E-state index in [-0.39, 0.29) is 11.0 Å². The maximum Gasteiger partial charge on any atom is 0.231 e. The molecule has 0 heterocycles. The highest BCUT2D eigenvalue weighted by molar-refractivity contribution is 7.80. The first kappa shape index (κ1) is 15.2. The second-order valence-electron chi connectivity index (χ2n) is 4.82. The standard InChI is InChI=1S/C12H14Cl2N2OS/c1-12(2,3)10(17)16-11(18)15-9-5-7(13)4-8(14)6-9/h4-6H,1-3H3,(H2,15,16,17,18). The number of rotatable bonds is 1. The summed E-state index contributed by atoms with van der Waals surface area (Å²) >= 11 is 16.8. The van der Waals surface area contributed by atoms with Crippen molar-refractivity contribution in [2.75, 3.05) is 5.32 Å². The zero-order valence-electron chi connectivity index (χ0n) is 10.3. The van der Waals surface area contributed by atoms with Crippen molar-refractivity contribution in [2.45, 2.75) is 20.8 Å². The molecule has 0 spiro atoms. The molecule has 2 N–H and O–H groups in total. The topological polar surface area (TPSA) is 41.1 Å². The van der Waals surface area contributed by atoms with E-state index in [9.17, 15) is 4.79 Å². The maximum atomic E-state index is 11.7. The van der Waals surface area contributed by atoms with Crippen LogP contribution in [0.15, 0.2) is 18.2 Å². The highest BCUT2D eigenvalue weighted by atomic mass is 35.5. The zero-order chi connectivity index (χ0) is 13.9. The summed E-state index contributed by atoms with van der Waals surface area (Å²) in [6.45, 7) is 5.42. The summed E-state index contributed by atoms with van der Waals surface area (Å²) in [4.78, 5) is 11.7. The number of carbonyl (C=O) groups excluding carboxylic acids is 1. The van der Waals surface area contributed by atoms with E-state index in [0.29, 0.717) is 15.7 Å². The van der Waals surface area contributed by atoms with Crippen LogP contribution in [0.3, 0.4) is 0 Å². The highest BCUT2D eigenvalue weighted by Crippen LogP contribution is 2.22. The van der Waals surface area contributed by atoms with Gasteiger partial charge in [0.05, 0.1) is 0 Å². The van der Waals surface area contributed by atoms with Crippen molar-refractivity contribution in [1.29, 1.82) is 0 Å². The van der Waals surface area contributed by atoms with Crippen LogP contribution in [-0.2, 0) is 4.79 Å². The maximum absolute atomic E-state index is 11.7. The van der Waals surface area contributed by atoms with E-state index >= 15 is 0 Å². The summed E-state index contributed by atoms with van der Waals surface area (Å²) in [6, 6.07) is 4.96. The number of nitrogens with one attached hydrogen (secondary N) is 2. The number of hydrogen-bond acceptors (Lipinski definition) is 2. The van der Waals surface area contributed by atoms with Gasteiger partial charge in [0.15, 0.2) is 5.11 Å². The van der Waals surface area contributed by atoms with Gasteiger partial charge in [-0.15, -0.1) is 0 Å². The lowest BCUT2D eigenvalue weighted by Gasteiger charge is -2.18. The van der Waals surface area contributed by atoms with Gasteiger partial charge in [0.2, 0.25) is 5.91 Å². The third-order valence-electron chi connectivity index (χ3n) is 2.03. The zero-order valence-corrected chi connectivity index (χ0v) is 12.6. The van der Waals surface area contributed by atoms with Crippen LogP contribution >= 0.6 is 35.4 Å². The van der Waals surface area contributed by atoms with Crippen LogP contribution in [0.1, 0.15) is 20.8 Å². The third kappa shape index (κ3) is 4.80. The molecule has 0 atom stereocenters. The predicted octanol–water partition coefficient (Wildman–Crippen LogP) is 3.85. The SMILES string of the molecule is CC(C)(C)C(=O)NC(=S)Nc1cc(Cl)cc(Cl)c1. The molecule has 0 bridgehead atoms. The molecule has 0 fully saturated rings. The van der Waals surface area contributed by atoms with E-state index in [4.69, 9.17) is 35.4 Å². The van der Waals surface area contributed by atoms with Crippen molar-refractivity contribution in [3.63, 3.8) is 0 Å². The quantitative estimate of drug-likeness (QED) is 0.774. The van der Waals surface area contributed by atoms with E-state index in [1.54, 1.807) is 39.0 Å². The second kappa shape index (κ2) is 5.87. The van der Waals surface area contributed by atoms with E-state index < -0.39 is 5.41 Å². The largest absolute Gasteiger partial charge is 0.332 e. The summed E-state index contributed by atoms with van der Waals surface area (Å²) in [5, 5.41) is 6.67. The average molecular weight is 305 g/mol. The Hall–Kier alpha value is -0.840. The van der Waals surface area contributed by atoms with Crippen LogP contribution in [0.4, 0.5) is 5.69 Å². The highest BCUT2D eigenvalue weighted by Gasteiger charge is 2.21. The average Bonchev–Trinajstić information content (AvgIpc) is 2.13. The molecule has 6 heteroatoms. The van der Waals surface area contributed by atoms with Crippen molar-refractivity contribution >= 4 is 52.1 Å². The first-order valence-electron chi connectivity index (χ1n) is 5.27. The molecule has 0 saturated carbocycles. The monoisotopic (exact) mass is 304 g/mol. The first-order chi connectivity index (χ1) is 8.18. The fourth-order valence-corrected chi connectivity index (χ4v) is 1.82. The van der Waals surface area contributed by atoms with Gasteiger partial charge in [0.1, 0.15) is 0 Å². The normalized spacial score (nSPS) is 10.9. The Kier molecular flexibility index (Phi) is 4.96. The van der Waals surface area contributed by atoms with Crippen molar-refractivity contribution in [3.8, 4) is 0 Å². The molecular formula is C12H14Cl2N2OS. The summed E-state index contributed by atoms with van der Waals surface area (Å²) in [5.74, 6) is -0.159. The van der Waals surface area contributed by atoms with Crippen molar-refractivity contribution in [3.05, 3.63) is 28.2 Å². The van der Waals surface area contributed by atoms with Crippen LogP contribution in [0.2, 0.25) is 10.0 Å². The summed E-state index contributed by atoms with van der Waals surface area (Å²) < 4.78 is 0. The molecular weight excluding hydrogens is 291 g/mol. The number of carbonyl (C=O) groups is 1. The molecule has 0 aliphatic heterocycles. The van der Waals surface area contributed by atoms with Crippen LogP contribution in [0.5, 0.6) is 0 Å². The van der Waals surface area contributed by atoms with E-state index in [0.717, 1.165) is 0 Å². The van der Waals surface area contributed by atoms with Gasteiger partial charge in [-0.05, 0) is 30.4 Å². The van der Waals surface area contributed by atoms with Crippen molar-refractivity contribution in [2.24, 2.45) is 5.41 Å². The molecule has 0 aliphatic rings. The van der Waals surface area contributed by atoms with Gasteiger partial charge in [-0.2, -0.15) is 0 Å². The Balaban J connectivity index is 2.68. The Bertz CT molecular complexity index is 463. The van der Waals surface area contributed by atoms with Gasteiger partial charge < -0.3 is 10.6 Å². The minimum absolute atomic E-state index is 0.159. The second-order valence-corrected chi connectivity index (χ2v) is 6.10. The van der Waals surface area contributed by atoms with Gasteiger partial charge >= 0.3 is 0 Å². The Morgan fingerprint density at radius 2 is 1.67 bits per heavy atom. The minimum Gasteiger partial charge on any atom is -0.332 e. The summed E-state index contributed by atoms with van der Waals surface area (Å²) in [7, 11) is 0. The van der Waals surface area contributed by atoms with E-state index in [2.05, 4.69) is 10.6 Å². The van der Waals surface area contributed by atoms with Crippen LogP contribution < -0.4 is 10.6 Å². The Labute approximate surface area is 122 Å². The number of hydrogen-bond donors (Lipinski definition) is 2. The summed E-state index contributed by atoms with van der Waals surface area (Å²) in [5.41, 5.74) is 0.129. The van der Waals surface area contributed by atoms with Crippen molar-refractivity contribution < 1.29 is 4.79 Å². The van der Waals surface area contributed by atoms with Gasteiger partial charge in [-0.3, -0.25) is 4.79 Å². The van der Waals surface area contributed by atoms with Crippen LogP contribution in [-0.4, -0.2) is 11.0 Å². The number of benzene rings is 1. The molecule has 0 saturated heterocycles. The number of anilines is 1. The lowest BCUT2D eigenvalue weighted by atomic mass is 9.96. The third-order valence-corrected chi connectivity index (χ3v) is 2.67. The lowest BCUT2D eigenvalue weighted by Crippen LogP contribution is -2.41. The van der Waals surface area contributed by atoms with E-state index in [1.165, 1.54) is 0 Å². The minimum atomic E-state index is -0.502. The predicted molar refractivity (Wildman–Crippen MR) is 80.3 cm³/mol. The molecule has 1 aromatic rings. The van der Waals surface area contributed by atoms with Gasteiger partial charge in [-0.25, -0.2) is 0 Å². The fraction of sp³-hybridized carbons (Fsp3) is 0.333. The molecule has 0 radical (unpaired) electrons. The number of amides is 1.